The highest BCUT2D eigenvalue weighted by molar-refractivity contribution is 5.93. The van der Waals surface area contributed by atoms with Gasteiger partial charge < -0.3 is 10.2 Å². The Balaban J connectivity index is 3.48. The van der Waals surface area contributed by atoms with Crippen molar-refractivity contribution in [1.29, 1.82) is 0 Å². The summed E-state index contributed by atoms with van der Waals surface area (Å²) in [4.78, 5) is 11.2. The van der Waals surface area contributed by atoms with Crippen LogP contribution in [0.15, 0.2) is 12.1 Å². The van der Waals surface area contributed by atoms with Crippen LogP contribution in [0.25, 0.3) is 0 Å². The molecule has 16 heavy (non-hydrogen) atoms. The minimum Gasteiger partial charge on any atom is -0.507 e. The van der Waals surface area contributed by atoms with Gasteiger partial charge in [0.25, 0.3) is 0 Å². The second-order valence-electron chi connectivity index (χ2n) is 4.58. The van der Waals surface area contributed by atoms with Crippen LogP contribution >= 0.6 is 0 Å². The van der Waals surface area contributed by atoms with Crippen LogP contribution in [0.4, 0.5) is 0 Å². The van der Waals surface area contributed by atoms with Crippen molar-refractivity contribution in [2.45, 2.75) is 39.5 Å². The van der Waals surface area contributed by atoms with E-state index in [0.717, 1.165) is 0 Å². The van der Waals surface area contributed by atoms with E-state index in [0.29, 0.717) is 11.1 Å². The van der Waals surface area contributed by atoms with Gasteiger partial charge in [-0.15, -0.1) is 0 Å². The molecule has 0 heterocycles. The van der Waals surface area contributed by atoms with E-state index < -0.39 is 5.97 Å². The van der Waals surface area contributed by atoms with Gasteiger partial charge in [0.1, 0.15) is 11.3 Å². The van der Waals surface area contributed by atoms with Crippen LogP contribution in [0.1, 0.15) is 61.0 Å². The first kappa shape index (κ1) is 12.6. The number of benzene rings is 1. The van der Waals surface area contributed by atoms with E-state index in [9.17, 15) is 9.90 Å². The van der Waals surface area contributed by atoms with Crippen LogP contribution in [0.5, 0.6) is 5.75 Å². The molecular formula is C13H18O3. The van der Waals surface area contributed by atoms with Crippen molar-refractivity contribution in [2.24, 2.45) is 0 Å². The molecule has 0 aromatic heterocycles. The van der Waals surface area contributed by atoms with E-state index >= 15 is 0 Å². The minimum atomic E-state index is -1.07. The van der Waals surface area contributed by atoms with Crippen LogP contribution < -0.4 is 0 Å². The maximum atomic E-state index is 11.2. The third-order valence-corrected chi connectivity index (χ3v) is 2.70. The summed E-state index contributed by atoms with van der Waals surface area (Å²) in [6, 6.07) is 3.60. The van der Waals surface area contributed by atoms with Crippen molar-refractivity contribution in [3.05, 3.63) is 28.8 Å². The summed E-state index contributed by atoms with van der Waals surface area (Å²) in [5.74, 6) is -0.963. The predicted molar refractivity (Wildman–Crippen MR) is 63.2 cm³/mol. The lowest BCUT2D eigenvalue weighted by Crippen LogP contribution is -2.06. The van der Waals surface area contributed by atoms with Gasteiger partial charge in [0, 0.05) is 0 Å². The lowest BCUT2D eigenvalue weighted by Gasteiger charge is -2.16. The average Bonchev–Trinajstić information content (AvgIpc) is 2.15. The van der Waals surface area contributed by atoms with Crippen LogP contribution in [-0.4, -0.2) is 16.2 Å². The van der Waals surface area contributed by atoms with Crippen molar-refractivity contribution in [1.82, 2.24) is 0 Å². The fourth-order valence-corrected chi connectivity index (χ4v) is 1.79. The Labute approximate surface area is 95.7 Å². The highest BCUT2D eigenvalue weighted by atomic mass is 16.4. The Morgan fingerprint density at radius 3 is 1.88 bits per heavy atom. The lowest BCUT2D eigenvalue weighted by molar-refractivity contribution is 0.0692. The van der Waals surface area contributed by atoms with Gasteiger partial charge in [-0.05, 0) is 23.0 Å². The summed E-state index contributed by atoms with van der Waals surface area (Å²) in [5.41, 5.74) is 1.40. The number of carboxylic acid groups (broad SMARTS) is 1. The molecule has 0 fully saturated rings. The smallest absolute Gasteiger partial charge is 0.339 e. The van der Waals surface area contributed by atoms with Gasteiger partial charge in [0.2, 0.25) is 0 Å². The zero-order valence-corrected chi connectivity index (χ0v) is 10.1. The Bertz CT molecular complexity index is 406. The quantitative estimate of drug-likeness (QED) is 0.824. The molecule has 0 aliphatic heterocycles. The largest absolute Gasteiger partial charge is 0.507 e. The third-order valence-electron chi connectivity index (χ3n) is 2.70. The van der Waals surface area contributed by atoms with E-state index in [1.165, 1.54) is 0 Å². The zero-order chi connectivity index (χ0) is 12.5. The molecule has 3 nitrogen and oxygen atoms in total. The van der Waals surface area contributed by atoms with Gasteiger partial charge >= 0.3 is 5.97 Å². The molecule has 3 heteroatoms. The molecule has 0 aliphatic carbocycles. The molecule has 0 radical (unpaired) electrons. The highest BCUT2D eigenvalue weighted by Crippen LogP contribution is 2.34. The van der Waals surface area contributed by atoms with Crippen molar-refractivity contribution in [3.8, 4) is 5.75 Å². The van der Waals surface area contributed by atoms with Gasteiger partial charge in [-0.25, -0.2) is 4.79 Å². The number of carbonyl (C=O) groups is 1. The van der Waals surface area contributed by atoms with E-state index in [-0.39, 0.29) is 23.1 Å². The Morgan fingerprint density at radius 1 is 1.06 bits per heavy atom. The molecule has 0 amide bonds. The second-order valence-corrected chi connectivity index (χ2v) is 4.58. The van der Waals surface area contributed by atoms with Gasteiger partial charge in [-0.3, -0.25) is 0 Å². The molecule has 0 saturated carbocycles. The number of rotatable bonds is 3. The van der Waals surface area contributed by atoms with Gasteiger partial charge in [-0.2, -0.15) is 0 Å². The molecule has 1 aromatic rings. The predicted octanol–water partition coefficient (Wildman–Crippen LogP) is 3.34. The molecule has 2 N–H and O–H groups in total. The molecular weight excluding hydrogens is 204 g/mol. The lowest BCUT2D eigenvalue weighted by atomic mass is 9.91. The van der Waals surface area contributed by atoms with Crippen molar-refractivity contribution < 1.29 is 15.0 Å². The van der Waals surface area contributed by atoms with E-state index in [1.807, 2.05) is 33.8 Å². The van der Waals surface area contributed by atoms with Crippen LogP contribution in [0.2, 0.25) is 0 Å². The maximum Gasteiger partial charge on any atom is 0.339 e. The first-order chi connectivity index (χ1) is 7.36. The Kier molecular flexibility index (Phi) is 3.58. The Hall–Kier alpha value is -1.51. The summed E-state index contributed by atoms with van der Waals surface area (Å²) in [7, 11) is 0. The van der Waals surface area contributed by atoms with Gasteiger partial charge in [0.15, 0.2) is 0 Å². The van der Waals surface area contributed by atoms with E-state index in [2.05, 4.69) is 0 Å². The number of hydrogen-bond acceptors (Lipinski definition) is 2. The van der Waals surface area contributed by atoms with Gasteiger partial charge in [-0.1, -0.05) is 39.8 Å². The second kappa shape index (κ2) is 4.56. The first-order valence-corrected chi connectivity index (χ1v) is 5.45. The molecule has 0 aliphatic rings. The molecule has 88 valence electrons. The molecule has 0 saturated heterocycles. The number of hydrogen-bond donors (Lipinski definition) is 2. The van der Waals surface area contributed by atoms with Crippen LogP contribution in [-0.2, 0) is 0 Å². The highest BCUT2D eigenvalue weighted by Gasteiger charge is 2.21. The fourth-order valence-electron chi connectivity index (χ4n) is 1.79. The summed E-state index contributed by atoms with van der Waals surface area (Å²) in [5, 5.41) is 19.1. The molecule has 0 spiro atoms. The van der Waals surface area contributed by atoms with Crippen molar-refractivity contribution in [3.63, 3.8) is 0 Å². The van der Waals surface area contributed by atoms with Crippen LogP contribution in [0.3, 0.4) is 0 Å². The van der Waals surface area contributed by atoms with Gasteiger partial charge in [0.05, 0.1) is 0 Å². The fraction of sp³-hybridized carbons (Fsp3) is 0.462. The SMILES string of the molecule is CC(C)c1ccc(C(C)C)c(C(=O)O)c1O. The topological polar surface area (TPSA) is 57.5 Å². The number of aromatic carboxylic acids is 1. The number of carboxylic acids is 1. The molecule has 0 atom stereocenters. The van der Waals surface area contributed by atoms with Crippen molar-refractivity contribution >= 4 is 5.97 Å². The van der Waals surface area contributed by atoms with Crippen LogP contribution in [0, 0.1) is 0 Å². The van der Waals surface area contributed by atoms with Crippen molar-refractivity contribution in [2.75, 3.05) is 0 Å². The molecule has 1 rings (SSSR count). The summed E-state index contributed by atoms with van der Waals surface area (Å²) in [6.45, 7) is 7.68. The zero-order valence-electron chi connectivity index (χ0n) is 10.1. The normalized spacial score (nSPS) is 11.1. The minimum absolute atomic E-state index is 0.0428. The average molecular weight is 222 g/mol. The number of phenols is 1. The first-order valence-electron chi connectivity index (χ1n) is 5.45. The van der Waals surface area contributed by atoms with E-state index in [1.54, 1.807) is 6.07 Å². The summed E-state index contributed by atoms with van der Waals surface area (Å²) >= 11 is 0. The number of aromatic hydroxyl groups is 1. The maximum absolute atomic E-state index is 11.2. The van der Waals surface area contributed by atoms with E-state index in [4.69, 9.17) is 5.11 Å². The standard InChI is InChI=1S/C13H18O3/c1-7(2)9-5-6-10(8(3)4)12(14)11(9)13(15)16/h5-8,14H,1-4H3,(H,15,16). The molecule has 0 unspecified atom stereocenters. The summed E-state index contributed by atoms with van der Waals surface area (Å²) < 4.78 is 0. The Morgan fingerprint density at radius 2 is 1.50 bits per heavy atom. The summed E-state index contributed by atoms with van der Waals surface area (Å²) in [6.07, 6.45) is 0. The molecule has 1 aromatic carbocycles. The molecule has 0 bridgehead atoms. The third kappa shape index (κ3) is 2.18. The monoisotopic (exact) mass is 222 g/mol.